The zero-order valence-corrected chi connectivity index (χ0v) is 9.89. The van der Waals surface area contributed by atoms with Crippen molar-refractivity contribution in [2.24, 2.45) is 5.92 Å². The van der Waals surface area contributed by atoms with Crippen molar-refractivity contribution in [3.63, 3.8) is 0 Å². The predicted octanol–water partition coefficient (Wildman–Crippen LogP) is 3.41. The number of methoxy groups -OCH3 is 1. The maximum absolute atomic E-state index is 10.7. The first kappa shape index (κ1) is 12.8. The second kappa shape index (κ2) is 7.91. The lowest BCUT2D eigenvalue weighted by Crippen LogP contribution is -2.02. The van der Waals surface area contributed by atoms with Gasteiger partial charge in [-0.1, -0.05) is 49.6 Å². The van der Waals surface area contributed by atoms with Crippen LogP contribution >= 0.6 is 0 Å². The molecule has 0 spiro atoms. The van der Waals surface area contributed by atoms with Gasteiger partial charge in [0.25, 0.3) is 0 Å². The van der Waals surface area contributed by atoms with E-state index in [9.17, 15) is 4.79 Å². The number of esters is 1. The monoisotopic (exact) mass is 220 g/mol. The molecule has 0 atom stereocenters. The number of allylic oxidation sites excluding steroid dienone is 5. The van der Waals surface area contributed by atoms with Gasteiger partial charge in [0.05, 0.1) is 7.11 Å². The van der Waals surface area contributed by atoms with Crippen LogP contribution in [-0.2, 0) is 9.53 Å². The average Bonchev–Trinajstić information content (AvgIpc) is 2.34. The van der Waals surface area contributed by atoms with E-state index in [0.717, 1.165) is 5.92 Å². The molecule has 88 valence electrons. The van der Waals surface area contributed by atoms with Gasteiger partial charge in [0.1, 0.15) is 0 Å². The minimum Gasteiger partial charge on any atom is -0.466 e. The summed E-state index contributed by atoms with van der Waals surface area (Å²) in [7, 11) is 1.37. The molecule has 2 heteroatoms. The van der Waals surface area contributed by atoms with Crippen molar-refractivity contribution in [2.75, 3.05) is 7.11 Å². The van der Waals surface area contributed by atoms with Crippen molar-refractivity contribution in [3.05, 3.63) is 36.5 Å². The first-order chi connectivity index (χ1) is 7.83. The number of ether oxygens (including phenoxy) is 1. The Kier molecular flexibility index (Phi) is 6.31. The molecule has 0 saturated heterocycles. The summed E-state index contributed by atoms with van der Waals surface area (Å²) in [4.78, 5) is 10.7. The first-order valence-corrected chi connectivity index (χ1v) is 5.92. The molecule has 16 heavy (non-hydrogen) atoms. The molecule has 1 rings (SSSR count). The molecule has 1 aliphatic rings. The molecule has 0 N–H and O–H groups in total. The van der Waals surface area contributed by atoms with Crippen molar-refractivity contribution < 1.29 is 9.53 Å². The molecule has 2 nitrogen and oxygen atoms in total. The second-order valence-corrected chi connectivity index (χ2v) is 4.05. The third-order valence-corrected chi connectivity index (χ3v) is 2.80. The van der Waals surface area contributed by atoms with Gasteiger partial charge < -0.3 is 4.74 Å². The van der Waals surface area contributed by atoms with Crippen molar-refractivity contribution in [3.8, 4) is 0 Å². The summed E-state index contributed by atoms with van der Waals surface area (Å²) in [5.41, 5.74) is 0. The summed E-state index contributed by atoms with van der Waals surface area (Å²) in [6.07, 6.45) is 18.0. The highest BCUT2D eigenvalue weighted by Gasteiger charge is 2.08. The Morgan fingerprint density at radius 2 is 1.75 bits per heavy atom. The quantitative estimate of drug-likeness (QED) is 0.412. The van der Waals surface area contributed by atoms with Crippen LogP contribution in [0.15, 0.2) is 36.5 Å². The van der Waals surface area contributed by atoms with Crippen molar-refractivity contribution in [1.29, 1.82) is 0 Å². The lowest BCUT2D eigenvalue weighted by Gasteiger charge is -2.17. The van der Waals surface area contributed by atoms with Crippen LogP contribution in [-0.4, -0.2) is 13.1 Å². The summed E-state index contributed by atoms with van der Waals surface area (Å²) >= 11 is 0. The van der Waals surface area contributed by atoms with Crippen molar-refractivity contribution >= 4 is 5.97 Å². The topological polar surface area (TPSA) is 26.3 Å². The number of carbonyl (C=O) groups is 1. The SMILES string of the molecule is COC(=O)/C=C/C=C/C=C/C1CCCCC1. The smallest absolute Gasteiger partial charge is 0.330 e. The van der Waals surface area contributed by atoms with E-state index in [1.54, 1.807) is 6.08 Å². The van der Waals surface area contributed by atoms with Gasteiger partial charge in [-0.15, -0.1) is 0 Å². The zero-order chi connectivity index (χ0) is 11.6. The van der Waals surface area contributed by atoms with E-state index in [0.29, 0.717) is 0 Å². The van der Waals surface area contributed by atoms with Gasteiger partial charge in [-0.2, -0.15) is 0 Å². The first-order valence-electron chi connectivity index (χ1n) is 5.92. The van der Waals surface area contributed by atoms with Crippen LogP contribution in [0, 0.1) is 5.92 Å². The van der Waals surface area contributed by atoms with E-state index in [-0.39, 0.29) is 5.97 Å². The van der Waals surface area contributed by atoms with E-state index >= 15 is 0 Å². The normalized spacial score (nSPS) is 18.8. The highest BCUT2D eigenvalue weighted by Crippen LogP contribution is 2.24. The Bertz CT molecular complexity index is 281. The van der Waals surface area contributed by atoms with Gasteiger partial charge in [-0.3, -0.25) is 0 Å². The molecule has 0 amide bonds. The standard InChI is InChI=1S/C14H20O2/c1-16-14(15)12-8-3-2-5-9-13-10-6-4-7-11-13/h2-3,5,8-9,12-13H,4,6-7,10-11H2,1H3/b3-2+,9-5+,12-8+. The minimum atomic E-state index is -0.319. The van der Waals surface area contributed by atoms with E-state index < -0.39 is 0 Å². The van der Waals surface area contributed by atoms with E-state index in [4.69, 9.17) is 0 Å². The molecule has 1 saturated carbocycles. The molecule has 1 fully saturated rings. The Hall–Kier alpha value is -1.31. The van der Waals surface area contributed by atoms with Crippen LogP contribution in [0.5, 0.6) is 0 Å². The van der Waals surface area contributed by atoms with Gasteiger partial charge >= 0.3 is 5.97 Å². The van der Waals surface area contributed by atoms with Crippen LogP contribution in [0.4, 0.5) is 0 Å². The van der Waals surface area contributed by atoms with Crippen LogP contribution in [0.25, 0.3) is 0 Å². The van der Waals surface area contributed by atoms with Crippen LogP contribution in [0.3, 0.4) is 0 Å². The fourth-order valence-electron chi connectivity index (χ4n) is 1.88. The molecule has 0 bridgehead atoms. The Morgan fingerprint density at radius 3 is 2.44 bits per heavy atom. The summed E-state index contributed by atoms with van der Waals surface area (Å²) in [5, 5.41) is 0. The number of carbonyl (C=O) groups excluding carboxylic acids is 1. The van der Waals surface area contributed by atoms with Gasteiger partial charge in [-0.25, -0.2) is 4.79 Å². The van der Waals surface area contributed by atoms with Crippen LogP contribution in [0.1, 0.15) is 32.1 Å². The van der Waals surface area contributed by atoms with E-state index in [1.165, 1.54) is 45.3 Å². The van der Waals surface area contributed by atoms with Gasteiger partial charge in [-0.05, 0) is 18.8 Å². The lowest BCUT2D eigenvalue weighted by molar-refractivity contribution is -0.134. The van der Waals surface area contributed by atoms with Crippen molar-refractivity contribution in [2.45, 2.75) is 32.1 Å². The summed E-state index contributed by atoms with van der Waals surface area (Å²) < 4.78 is 4.47. The molecular weight excluding hydrogens is 200 g/mol. The average molecular weight is 220 g/mol. The van der Waals surface area contributed by atoms with Crippen LogP contribution < -0.4 is 0 Å². The summed E-state index contributed by atoms with van der Waals surface area (Å²) in [5.74, 6) is 0.434. The number of rotatable bonds is 4. The van der Waals surface area contributed by atoms with Gasteiger partial charge in [0.2, 0.25) is 0 Å². The fraction of sp³-hybridized carbons (Fsp3) is 0.500. The van der Waals surface area contributed by atoms with E-state index in [1.807, 2.05) is 12.2 Å². The molecule has 1 aliphatic carbocycles. The van der Waals surface area contributed by atoms with E-state index in [2.05, 4.69) is 16.9 Å². The van der Waals surface area contributed by atoms with Gasteiger partial charge in [0.15, 0.2) is 0 Å². The summed E-state index contributed by atoms with van der Waals surface area (Å²) in [6.45, 7) is 0. The van der Waals surface area contributed by atoms with Crippen molar-refractivity contribution in [1.82, 2.24) is 0 Å². The predicted molar refractivity (Wildman–Crippen MR) is 66.0 cm³/mol. The van der Waals surface area contributed by atoms with Crippen LogP contribution in [0.2, 0.25) is 0 Å². The van der Waals surface area contributed by atoms with Gasteiger partial charge in [0, 0.05) is 6.08 Å². The summed E-state index contributed by atoms with van der Waals surface area (Å²) in [6, 6.07) is 0. The largest absolute Gasteiger partial charge is 0.466 e. The second-order valence-electron chi connectivity index (χ2n) is 4.05. The molecule has 0 heterocycles. The minimum absolute atomic E-state index is 0.319. The maximum Gasteiger partial charge on any atom is 0.330 e. The third kappa shape index (κ3) is 5.54. The highest BCUT2D eigenvalue weighted by molar-refractivity contribution is 5.82. The Balaban J connectivity index is 2.22. The molecular formula is C14H20O2. The third-order valence-electron chi connectivity index (χ3n) is 2.80. The maximum atomic E-state index is 10.7. The fourth-order valence-corrected chi connectivity index (χ4v) is 1.88. The Morgan fingerprint density at radius 1 is 1.06 bits per heavy atom. The number of hydrogen-bond donors (Lipinski definition) is 0. The Labute approximate surface area is 97.7 Å². The lowest BCUT2D eigenvalue weighted by atomic mass is 9.89. The molecule has 0 aromatic heterocycles. The number of hydrogen-bond acceptors (Lipinski definition) is 2. The molecule has 0 aromatic rings. The molecule has 0 aromatic carbocycles. The molecule has 0 aliphatic heterocycles. The zero-order valence-electron chi connectivity index (χ0n) is 9.89. The molecule has 0 unspecified atom stereocenters. The highest BCUT2D eigenvalue weighted by atomic mass is 16.5. The molecule has 0 radical (unpaired) electrons.